The number of nitrogens with one attached hydrogen (secondary N) is 1. The van der Waals surface area contributed by atoms with Crippen LogP contribution in [-0.2, 0) is 4.74 Å². The molecule has 16 heavy (non-hydrogen) atoms. The predicted molar refractivity (Wildman–Crippen MR) is 64.9 cm³/mol. The first-order chi connectivity index (χ1) is 7.22. The molecule has 3 N–H and O–H groups in total. The second kappa shape index (κ2) is 6.70. The molecule has 0 aromatic carbocycles. The Hall–Kier alpha value is -0.810. The van der Waals surface area contributed by atoms with Crippen molar-refractivity contribution in [1.82, 2.24) is 10.3 Å². The number of nitrogens with zero attached hydrogens (tertiary/aromatic N) is 1. The molecule has 0 fully saturated rings. The van der Waals surface area contributed by atoms with E-state index in [1.54, 1.807) is 5.01 Å². The summed E-state index contributed by atoms with van der Waals surface area (Å²) in [5.41, 5.74) is -0.443. The molecule has 0 saturated carbocycles. The fourth-order valence-electron chi connectivity index (χ4n) is 1.02. The van der Waals surface area contributed by atoms with Gasteiger partial charge in [-0.2, -0.15) is 0 Å². The molecule has 0 rings (SSSR count). The molecular formula is C11H25N3O2. The molecule has 0 aromatic rings. The van der Waals surface area contributed by atoms with E-state index in [0.29, 0.717) is 12.6 Å². The summed E-state index contributed by atoms with van der Waals surface area (Å²) in [6.07, 6.45) is 0.439. The predicted octanol–water partition coefficient (Wildman–Crippen LogP) is 1.49. The molecule has 0 spiro atoms. The summed E-state index contributed by atoms with van der Waals surface area (Å²) in [5.74, 6) is 5.72. The molecule has 1 amide bonds. The van der Waals surface area contributed by atoms with Gasteiger partial charge in [0, 0.05) is 19.1 Å². The smallest absolute Gasteiger partial charge is 0.407 e. The van der Waals surface area contributed by atoms with Crippen LogP contribution in [0.5, 0.6) is 0 Å². The van der Waals surface area contributed by atoms with Crippen molar-refractivity contribution >= 4 is 6.09 Å². The molecular weight excluding hydrogens is 206 g/mol. The van der Waals surface area contributed by atoms with Crippen molar-refractivity contribution in [3.05, 3.63) is 0 Å². The Morgan fingerprint density at radius 3 is 2.44 bits per heavy atom. The zero-order chi connectivity index (χ0) is 12.8. The average molecular weight is 231 g/mol. The Kier molecular flexibility index (Phi) is 6.36. The van der Waals surface area contributed by atoms with E-state index in [1.807, 2.05) is 34.6 Å². The average Bonchev–Trinajstić information content (AvgIpc) is 2.08. The minimum absolute atomic E-state index is 0.321. The Labute approximate surface area is 98.3 Å². The normalized spacial score (nSPS) is 12.0. The summed E-state index contributed by atoms with van der Waals surface area (Å²) < 4.78 is 5.10. The molecule has 0 atom stereocenters. The maximum absolute atomic E-state index is 11.3. The summed E-state index contributed by atoms with van der Waals surface area (Å²) in [6.45, 7) is 10.9. The highest BCUT2D eigenvalue weighted by atomic mass is 16.6. The number of amides is 1. The van der Waals surface area contributed by atoms with Gasteiger partial charge in [0.05, 0.1) is 0 Å². The van der Waals surface area contributed by atoms with Crippen LogP contribution in [0, 0.1) is 0 Å². The first-order valence-corrected chi connectivity index (χ1v) is 5.70. The van der Waals surface area contributed by atoms with Crippen molar-refractivity contribution in [3.63, 3.8) is 0 Å². The fourth-order valence-corrected chi connectivity index (χ4v) is 1.02. The summed E-state index contributed by atoms with van der Waals surface area (Å²) in [7, 11) is 0. The van der Waals surface area contributed by atoms with Crippen LogP contribution >= 0.6 is 0 Å². The third-order valence-corrected chi connectivity index (χ3v) is 1.92. The first-order valence-electron chi connectivity index (χ1n) is 5.70. The number of carbonyl (C=O) groups is 1. The quantitative estimate of drug-likeness (QED) is 0.427. The van der Waals surface area contributed by atoms with Gasteiger partial charge in [0.2, 0.25) is 0 Å². The van der Waals surface area contributed by atoms with Crippen molar-refractivity contribution < 1.29 is 9.53 Å². The maximum Gasteiger partial charge on any atom is 0.407 e. The van der Waals surface area contributed by atoms with E-state index in [-0.39, 0.29) is 6.09 Å². The zero-order valence-electron chi connectivity index (χ0n) is 11.0. The molecule has 5 nitrogen and oxygen atoms in total. The van der Waals surface area contributed by atoms with E-state index < -0.39 is 5.60 Å². The Morgan fingerprint density at radius 1 is 1.44 bits per heavy atom. The number of nitrogens with two attached hydrogens (primary N) is 1. The van der Waals surface area contributed by atoms with Crippen molar-refractivity contribution in [2.24, 2.45) is 5.84 Å². The van der Waals surface area contributed by atoms with E-state index in [0.717, 1.165) is 13.0 Å². The minimum atomic E-state index is -0.443. The Balaban J connectivity index is 3.56. The maximum atomic E-state index is 11.3. The van der Waals surface area contributed by atoms with Crippen molar-refractivity contribution in [1.29, 1.82) is 0 Å². The Bertz CT molecular complexity index is 212. The van der Waals surface area contributed by atoms with Crippen molar-refractivity contribution in [2.45, 2.75) is 52.7 Å². The summed E-state index contributed by atoms with van der Waals surface area (Å²) >= 11 is 0. The van der Waals surface area contributed by atoms with Gasteiger partial charge in [-0.05, 0) is 41.0 Å². The number of hydrogen-bond donors (Lipinski definition) is 2. The largest absolute Gasteiger partial charge is 0.444 e. The molecule has 0 bridgehead atoms. The van der Waals surface area contributed by atoms with Gasteiger partial charge in [-0.25, -0.2) is 9.80 Å². The second-order valence-electron chi connectivity index (χ2n) is 5.11. The number of alkyl carbamates (subject to hydrolysis) is 1. The van der Waals surface area contributed by atoms with Gasteiger partial charge in [0.1, 0.15) is 5.60 Å². The molecule has 0 heterocycles. The lowest BCUT2D eigenvalue weighted by Gasteiger charge is -2.21. The number of hydrogen-bond acceptors (Lipinski definition) is 4. The summed E-state index contributed by atoms with van der Waals surface area (Å²) in [4.78, 5) is 11.3. The van der Waals surface area contributed by atoms with Gasteiger partial charge in [-0.3, -0.25) is 5.84 Å². The van der Waals surface area contributed by atoms with Crippen molar-refractivity contribution in [3.8, 4) is 0 Å². The van der Waals surface area contributed by atoms with E-state index in [2.05, 4.69) is 5.32 Å². The molecule has 96 valence electrons. The third-order valence-electron chi connectivity index (χ3n) is 1.92. The fraction of sp³-hybridized carbons (Fsp3) is 0.909. The highest BCUT2D eigenvalue weighted by Gasteiger charge is 2.15. The van der Waals surface area contributed by atoms with Crippen LogP contribution in [0.25, 0.3) is 0 Å². The van der Waals surface area contributed by atoms with Gasteiger partial charge < -0.3 is 10.1 Å². The van der Waals surface area contributed by atoms with Gasteiger partial charge in [-0.15, -0.1) is 0 Å². The standard InChI is InChI=1S/C11H25N3O2/c1-9(2)14(12)8-6-7-13-10(15)16-11(3,4)5/h9H,6-8,12H2,1-5H3,(H,13,15). The van der Waals surface area contributed by atoms with Crippen LogP contribution in [-0.4, -0.2) is 35.8 Å². The highest BCUT2D eigenvalue weighted by Crippen LogP contribution is 2.06. The summed E-state index contributed by atoms with van der Waals surface area (Å²) in [5, 5.41) is 4.44. The molecule has 0 aromatic heterocycles. The SMILES string of the molecule is CC(C)N(N)CCCNC(=O)OC(C)(C)C. The number of hydrazine groups is 1. The number of ether oxygens (including phenoxy) is 1. The number of rotatable bonds is 5. The molecule has 0 aliphatic rings. The van der Waals surface area contributed by atoms with Crippen molar-refractivity contribution in [2.75, 3.05) is 13.1 Å². The highest BCUT2D eigenvalue weighted by molar-refractivity contribution is 5.67. The zero-order valence-corrected chi connectivity index (χ0v) is 11.0. The lowest BCUT2D eigenvalue weighted by Crippen LogP contribution is -2.40. The van der Waals surface area contributed by atoms with Crippen LogP contribution < -0.4 is 11.2 Å². The van der Waals surface area contributed by atoms with E-state index in [9.17, 15) is 4.79 Å². The molecule has 5 heteroatoms. The van der Waals surface area contributed by atoms with E-state index in [4.69, 9.17) is 10.6 Å². The second-order valence-corrected chi connectivity index (χ2v) is 5.11. The van der Waals surface area contributed by atoms with Crippen LogP contribution in [0.4, 0.5) is 4.79 Å². The van der Waals surface area contributed by atoms with Gasteiger partial charge >= 0.3 is 6.09 Å². The lowest BCUT2D eigenvalue weighted by atomic mass is 10.2. The molecule has 0 aliphatic carbocycles. The molecule has 0 radical (unpaired) electrons. The first kappa shape index (κ1) is 15.2. The van der Waals surface area contributed by atoms with Gasteiger partial charge in [0.15, 0.2) is 0 Å². The Morgan fingerprint density at radius 2 is 2.00 bits per heavy atom. The van der Waals surface area contributed by atoms with Crippen LogP contribution in [0.15, 0.2) is 0 Å². The van der Waals surface area contributed by atoms with E-state index >= 15 is 0 Å². The van der Waals surface area contributed by atoms with Gasteiger partial charge in [0.25, 0.3) is 0 Å². The third kappa shape index (κ3) is 8.49. The van der Waals surface area contributed by atoms with Gasteiger partial charge in [-0.1, -0.05) is 0 Å². The van der Waals surface area contributed by atoms with Crippen LogP contribution in [0.2, 0.25) is 0 Å². The van der Waals surface area contributed by atoms with Crippen LogP contribution in [0.1, 0.15) is 41.0 Å². The molecule has 0 saturated heterocycles. The van der Waals surface area contributed by atoms with E-state index in [1.165, 1.54) is 0 Å². The monoisotopic (exact) mass is 231 g/mol. The molecule has 0 aliphatic heterocycles. The minimum Gasteiger partial charge on any atom is -0.444 e. The topological polar surface area (TPSA) is 67.6 Å². The summed E-state index contributed by atoms with van der Waals surface area (Å²) in [6, 6.07) is 0.321. The lowest BCUT2D eigenvalue weighted by molar-refractivity contribution is 0.0525. The molecule has 0 unspecified atom stereocenters. The van der Waals surface area contributed by atoms with Crippen LogP contribution in [0.3, 0.4) is 0 Å². The number of carbonyl (C=O) groups excluding carboxylic acids is 1.